The summed E-state index contributed by atoms with van der Waals surface area (Å²) in [4.78, 5) is 8.77. The van der Waals surface area contributed by atoms with Crippen LogP contribution in [0.25, 0.3) is 0 Å². The van der Waals surface area contributed by atoms with Crippen molar-refractivity contribution >= 4 is 29.6 Å². The largest absolute Gasteiger partial charge is 0.298 e. The van der Waals surface area contributed by atoms with Gasteiger partial charge in [0.1, 0.15) is 11.5 Å². The van der Waals surface area contributed by atoms with Gasteiger partial charge in [-0.25, -0.2) is 4.99 Å². The minimum atomic E-state index is 0. The number of amidine groups is 1. The summed E-state index contributed by atoms with van der Waals surface area (Å²) in [6.45, 7) is 2.29. The maximum atomic E-state index is 4.63. The summed E-state index contributed by atoms with van der Waals surface area (Å²) >= 11 is 0. The number of aromatic nitrogens is 1. The Balaban J connectivity index is 0.00000420. The highest BCUT2D eigenvalue weighted by molar-refractivity contribution is 5.90. The van der Waals surface area contributed by atoms with Gasteiger partial charge in [-0.1, -0.05) is 103 Å². The normalized spacial score (nSPS) is 12.4. The lowest BCUT2D eigenvalue weighted by molar-refractivity contribution is 0.530. The molecule has 29 heavy (non-hydrogen) atoms. The van der Waals surface area contributed by atoms with Gasteiger partial charge in [0.15, 0.2) is 0 Å². The Labute approximate surface area is 185 Å². The van der Waals surface area contributed by atoms with Crippen molar-refractivity contribution < 1.29 is 0 Å². The smallest absolute Gasteiger partial charge is 0.121 e. The van der Waals surface area contributed by atoms with E-state index >= 15 is 0 Å². The molecule has 0 bridgehead atoms. The van der Waals surface area contributed by atoms with E-state index in [4.69, 9.17) is 0 Å². The number of hydrogen-bond acceptors (Lipinski definition) is 4. The van der Waals surface area contributed by atoms with Gasteiger partial charge < -0.3 is 0 Å². The summed E-state index contributed by atoms with van der Waals surface area (Å²) in [6, 6.07) is 1.94. The highest BCUT2D eigenvalue weighted by Gasteiger charge is 2.09. The number of hydrazine groups is 1. The van der Waals surface area contributed by atoms with Gasteiger partial charge >= 0.3 is 0 Å². The molecule has 0 atom stereocenters. The Hall–Kier alpha value is -1.29. The van der Waals surface area contributed by atoms with E-state index in [0.717, 1.165) is 23.6 Å². The molecule has 0 saturated heterocycles. The number of rotatable bonds is 17. The van der Waals surface area contributed by atoms with E-state index in [1.807, 2.05) is 12.3 Å². The molecular weight excluding hydrogens is 380 g/mol. The monoisotopic (exact) mass is 422 g/mol. The second-order valence-corrected chi connectivity index (χ2v) is 8.25. The Bertz CT molecular complexity index is 547. The number of pyridine rings is 1. The number of unbranched alkanes of at least 4 members (excludes halogenated alkanes) is 15. The van der Waals surface area contributed by atoms with Crippen LogP contribution in [0.15, 0.2) is 23.5 Å². The molecule has 1 aromatic heterocycles. The Morgan fingerprint density at radius 1 is 0.690 bits per heavy atom. The second-order valence-electron chi connectivity index (χ2n) is 8.25. The maximum absolute atomic E-state index is 4.63. The fourth-order valence-electron chi connectivity index (χ4n) is 3.85. The van der Waals surface area contributed by atoms with Crippen molar-refractivity contribution in [3.05, 3.63) is 18.5 Å². The highest BCUT2D eigenvalue weighted by Crippen LogP contribution is 2.25. The molecule has 0 saturated carbocycles. The van der Waals surface area contributed by atoms with Crippen LogP contribution in [0.4, 0.5) is 11.4 Å². The van der Waals surface area contributed by atoms with Gasteiger partial charge in [-0.05, 0) is 12.5 Å². The van der Waals surface area contributed by atoms with E-state index in [1.165, 1.54) is 103 Å². The maximum Gasteiger partial charge on any atom is 0.121 e. The van der Waals surface area contributed by atoms with E-state index in [2.05, 4.69) is 27.8 Å². The molecule has 1 aliphatic rings. The average Bonchev–Trinajstić information content (AvgIpc) is 2.73. The molecule has 2 N–H and O–H groups in total. The van der Waals surface area contributed by atoms with Crippen LogP contribution in [-0.4, -0.2) is 10.8 Å². The van der Waals surface area contributed by atoms with Gasteiger partial charge in [-0.3, -0.25) is 15.8 Å². The van der Waals surface area contributed by atoms with Crippen LogP contribution in [0.3, 0.4) is 0 Å². The molecule has 2 heterocycles. The Kier molecular flexibility index (Phi) is 15.6. The fourth-order valence-corrected chi connectivity index (χ4v) is 3.85. The Morgan fingerprint density at radius 3 is 1.76 bits per heavy atom. The zero-order valence-electron chi connectivity index (χ0n) is 18.6. The zero-order chi connectivity index (χ0) is 19.7. The number of nitrogens with one attached hydrogen (secondary N) is 2. The fraction of sp³-hybridized carbons (Fsp3) is 0.750. The van der Waals surface area contributed by atoms with E-state index < -0.39 is 0 Å². The van der Waals surface area contributed by atoms with Crippen molar-refractivity contribution in [3.63, 3.8) is 0 Å². The summed E-state index contributed by atoms with van der Waals surface area (Å²) in [5.41, 5.74) is 8.34. The first-order valence-electron chi connectivity index (χ1n) is 11.9. The predicted octanol–water partition coefficient (Wildman–Crippen LogP) is 8.12. The average molecular weight is 423 g/mol. The third kappa shape index (κ3) is 12.1. The minimum Gasteiger partial charge on any atom is -0.298 e. The van der Waals surface area contributed by atoms with Crippen molar-refractivity contribution in [2.75, 3.05) is 5.43 Å². The molecule has 1 aliphatic heterocycles. The summed E-state index contributed by atoms with van der Waals surface area (Å²) in [5.74, 6) is 1.03. The van der Waals surface area contributed by atoms with Crippen molar-refractivity contribution in [2.45, 2.75) is 116 Å². The summed E-state index contributed by atoms with van der Waals surface area (Å²) in [7, 11) is 0. The van der Waals surface area contributed by atoms with Crippen LogP contribution in [0.2, 0.25) is 0 Å². The van der Waals surface area contributed by atoms with Gasteiger partial charge in [0.25, 0.3) is 0 Å². The SMILES string of the molecule is CCCCCCCCCCCCCCCCCCC1=Nc2cnccc2NN1.Cl. The molecule has 4 nitrogen and oxygen atoms in total. The first kappa shape index (κ1) is 25.7. The van der Waals surface area contributed by atoms with Crippen molar-refractivity contribution in [3.8, 4) is 0 Å². The van der Waals surface area contributed by atoms with E-state index in [9.17, 15) is 0 Å². The number of aliphatic imine (C=N–C) groups is 1. The first-order chi connectivity index (χ1) is 13.9. The quantitative estimate of drug-likeness (QED) is 0.249. The minimum absolute atomic E-state index is 0. The van der Waals surface area contributed by atoms with Gasteiger partial charge in [-0.2, -0.15) is 0 Å². The lowest BCUT2D eigenvalue weighted by Crippen LogP contribution is -2.31. The Morgan fingerprint density at radius 2 is 1.21 bits per heavy atom. The van der Waals surface area contributed by atoms with Gasteiger partial charge in [0.05, 0.1) is 11.9 Å². The van der Waals surface area contributed by atoms with Crippen LogP contribution >= 0.6 is 12.4 Å². The predicted molar refractivity (Wildman–Crippen MR) is 130 cm³/mol. The summed E-state index contributed by atoms with van der Waals surface area (Å²) in [6.07, 6.45) is 27.1. The number of anilines is 1. The lowest BCUT2D eigenvalue weighted by Gasteiger charge is -2.18. The standard InChI is InChI=1S/C24H42N4.ClH/c1-2-3-4-5-6-7-8-9-10-11-12-13-14-15-16-17-18-24-26-23-21-25-20-19-22(23)27-28-24;/h19-21,27H,2-18H2,1H3,(H,26,28);1H. The van der Waals surface area contributed by atoms with E-state index in [1.54, 1.807) is 6.20 Å². The van der Waals surface area contributed by atoms with Crippen LogP contribution < -0.4 is 10.9 Å². The van der Waals surface area contributed by atoms with Gasteiger partial charge in [0, 0.05) is 12.6 Å². The van der Waals surface area contributed by atoms with Crippen LogP contribution in [0, 0.1) is 0 Å². The molecule has 0 spiro atoms. The number of hydrogen-bond donors (Lipinski definition) is 2. The van der Waals surface area contributed by atoms with Crippen molar-refractivity contribution in [2.24, 2.45) is 4.99 Å². The van der Waals surface area contributed by atoms with Gasteiger partial charge in [-0.15, -0.1) is 12.4 Å². The molecule has 0 amide bonds. The second kappa shape index (κ2) is 17.6. The van der Waals surface area contributed by atoms with Crippen molar-refractivity contribution in [1.82, 2.24) is 10.4 Å². The van der Waals surface area contributed by atoms with Crippen LogP contribution in [0.1, 0.15) is 116 Å². The van der Waals surface area contributed by atoms with Crippen LogP contribution in [-0.2, 0) is 0 Å². The third-order valence-electron chi connectivity index (χ3n) is 5.66. The van der Waals surface area contributed by atoms with E-state index in [-0.39, 0.29) is 12.4 Å². The third-order valence-corrected chi connectivity index (χ3v) is 5.66. The van der Waals surface area contributed by atoms with Crippen LogP contribution in [0.5, 0.6) is 0 Å². The molecule has 2 rings (SSSR count). The molecule has 0 aromatic carbocycles. The summed E-state index contributed by atoms with van der Waals surface area (Å²) < 4.78 is 0. The van der Waals surface area contributed by atoms with Crippen molar-refractivity contribution in [1.29, 1.82) is 0 Å². The molecular formula is C24H43ClN4. The summed E-state index contributed by atoms with van der Waals surface area (Å²) in [5, 5.41) is 0. The van der Waals surface area contributed by atoms with E-state index in [0.29, 0.717) is 0 Å². The zero-order valence-corrected chi connectivity index (χ0v) is 19.4. The molecule has 0 fully saturated rings. The van der Waals surface area contributed by atoms with Gasteiger partial charge in [0.2, 0.25) is 0 Å². The molecule has 166 valence electrons. The number of halogens is 1. The first-order valence-corrected chi connectivity index (χ1v) is 11.9. The lowest BCUT2D eigenvalue weighted by atomic mass is 10.0. The molecule has 0 unspecified atom stereocenters. The molecule has 5 heteroatoms. The molecule has 0 radical (unpaired) electrons. The highest BCUT2D eigenvalue weighted by atomic mass is 35.5. The molecule has 0 aliphatic carbocycles. The molecule has 1 aromatic rings. The number of fused-ring (bicyclic) bond motifs is 1. The topological polar surface area (TPSA) is 49.3 Å². The number of nitrogens with zero attached hydrogens (tertiary/aromatic N) is 2.